The van der Waals surface area contributed by atoms with Gasteiger partial charge in [0, 0.05) is 23.5 Å². The second-order valence-electron chi connectivity index (χ2n) is 4.53. The van der Waals surface area contributed by atoms with Crippen LogP contribution in [0, 0.1) is 11.7 Å². The Morgan fingerprint density at radius 1 is 1.44 bits per heavy atom. The molecule has 1 aliphatic heterocycles. The van der Waals surface area contributed by atoms with Crippen LogP contribution in [0.2, 0.25) is 0 Å². The van der Waals surface area contributed by atoms with Gasteiger partial charge < -0.3 is 14.8 Å². The lowest BCUT2D eigenvalue weighted by molar-refractivity contribution is -0.141. The molecule has 3 rings (SSSR count). The molecule has 1 aromatic heterocycles. The number of hydrogen-bond acceptors (Lipinski definition) is 3. The van der Waals surface area contributed by atoms with E-state index in [0.29, 0.717) is 24.1 Å². The summed E-state index contributed by atoms with van der Waals surface area (Å²) < 4.78 is 19.2. The third-order valence-corrected chi connectivity index (χ3v) is 3.44. The first kappa shape index (κ1) is 11.2. The van der Waals surface area contributed by atoms with Gasteiger partial charge in [0.1, 0.15) is 11.4 Å². The molecule has 0 radical (unpaired) electrons. The van der Waals surface area contributed by atoms with Crippen molar-refractivity contribution < 1.29 is 18.7 Å². The number of fused-ring (bicyclic) bond motifs is 1. The lowest BCUT2D eigenvalue weighted by Crippen LogP contribution is -2.17. The highest BCUT2D eigenvalue weighted by Crippen LogP contribution is 2.34. The molecule has 0 spiro atoms. The topological polar surface area (TPSA) is 62.5 Å². The number of aliphatic carboxylic acids is 1. The van der Waals surface area contributed by atoms with Crippen LogP contribution in [-0.4, -0.2) is 17.6 Å². The fourth-order valence-electron chi connectivity index (χ4n) is 2.50. The number of nitrogens with one attached hydrogen (secondary N) is 1. The monoisotopic (exact) mass is 249 g/mol. The summed E-state index contributed by atoms with van der Waals surface area (Å²) in [5.41, 5.74) is 0.930. The summed E-state index contributed by atoms with van der Waals surface area (Å²) in [6.07, 6.45) is 1.89. The molecule has 1 saturated heterocycles. The molecular weight excluding hydrogens is 237 g/mol. The summed E-state index contributed by atoms with van der Waals surface area (Å²) in [5.74, 6) is -1.68. The van der Waals surface area contributed by atoms with Crippen molar-refractivity contribution >= 4 is 16.9 Å². The van der Waals surface area contributed by atoms with Crippen LogP contribution in [0.3, 0.4) is 0 Å². The standard InChI is InChI=1S/C13H12FNO3/c14-9-2-1-7-3-4-18-12(7)11(9)10-5-8(6-15-10)13(16)17/h1-4,8,10,15H,5-6H2,(H,16,17). The largest absolute Gasteiger partial charge is 0.481 e. The quantitative estimate of drug-likeness (QED) is 0.857. The fourth-order valence-corrected chi connectivity index (χ4v) is 2.50. The Balaban J connectivity index is 2.02. The van der Waals surface area contributed by atoms with Crippen LogP contribution in [0.1, 0.15) is 18.0 Å². The van der Waals surface area contributed by atoms with Crippen molar-refractivity contribution in [1.82, 2.24) is 5.32 Å². The fraction of sp³-hybridized carbons (Fsp3) is 0.308. The van der Waals surface area contributed by atoms with Crippen molar-refractivity contribution in [3.63, 3.8) is 0 Å². The Bertz CT molecular complexity index is 607. The number of carbonyl (C=O) groups is 1. The smallest absolute Gasteiger partial charge is 0.307 e. The second-order valence-corrected chi connectivity index (χ2v) is 4.53. The normalized spacial score (nSPS) is 23.6. The molecule has 0 bridgehead atoms. The van der Waals surface area contributed by atoms with Crippen LogP contribution in [-0.2, 0) is 4.79 Å². The lowest BCUT2D eigenvalue weighted by Gasteiger charge is -2.12. The first-order valence-electron chi connectivity index (χ1n) is 5.78. The van der Waals surface area contributed by atoms with Crippen molar-refractivity contribution in [2.75, 3.05) is 6.54 Å². The summed E-state index contributed by atoms with van der Waals surface area (Å²) in [5, 5.41) is 12.8. The Morgan fingerprint density at radius 2 is 2.28 bits per heavy atom. The van der Waals surface area contributed by atoms with Crippen molar-refractivity contribution in [3.05, 3.63) is 35.8 Å². The predicted octanol–water partition coefficient (Wildman–Crippen LogP) is 2.31. The van der Waals surface area contributed by atoms with E-state index in [-0.39, 0.29) is 11.9 Å². The van der Waals surface area contributed by atoms with Gasteiger partial charge in [0.2, 0.25) is 0 Å². The zero-order chi connectivity index (χ0) is 12.7. The molecule has 2 atom stereocenters. The van der Waals surface area contributed by atoms with E-state index in [1.807, 2.05) is 0 Å². The second kappa shape index (κ2) is 4.10. The molecule has 2 unspecified atom stereocenters. The highest BCUT2D eigenvalue weighted by Gasteiger charge is 2.33. The number of carboxylic acids is 1. The number of halogens is 1. The molecule has 2 N–H and O–H groups in total. The minimum absolute atomic E-state index is 0.305. The van der Waals surface area contributed by atoms with Crippen LogP contribution in [0.15, 0.2) is 28.9 Å². The van der Waals surface area contributed by atoms with Gasteiger partial charge in [0.25, 0.3) is 0 Å². The minimum Gasteiger partial charge on any atom is -0.481 e. The number of rotatable bonds is 2. The van der Waals surface area contributed by atoms with Crippen LogP contribution in [0.25, 0.3) is 11.0 Å². The number of carboxylic acid groups (broad SMARTS) is 1. The third-order valence-electron chi connectivity index (χ3n) is 3.44. The van der Waals surface area contributed by atoms with Gasteiger partial charge in [-0.05, 0) is 24.6 Å². The molecule has 1 aliphatic rings. The molecule has 0 aliphatic carbocycles. The summed E-state index contributed by atoms with van der Waals surface area (Å²) in [7, 11) is 0. The van der Waals surface area contributed by atoms with Crippen molar-refractivity contribution in [1.29, 1.82) is 0 Å². The van der Waals surface area contributed by atoms with Gasteiger partial charge >= 0.3 is 5.97 Å². The molecule has 2 heterocycles. The van der Waals surface area contributed by atoms with Crippen LogP contribution in [0.5, 0.6) is 0 Å². The van der Waals surface area contributed by atoms with Gasteiger partial charge in [-0.2, -0.15) is 0 Å². The van der Waals surface area contributed by atoms with E-state index in [4.69, 9.17) is 9.52 Å². The molecule has 4 nitrogen and oxygen atoms in total. The first-order valence-corrected chi connectivity index (χ1v) is 5.78. The van der Waals surface area contributed by atoms with Gasteiger partial charge in [0.05, 0.1) is 12.2 Å². The summed E-state index contributed by atoms with van der Waals surface area (Å²) in [4.78, 5) is 10.9. The van der Waals surface area contributed by atoms with Gasteiger partial charge in [0.15, 0.2) is 0 Å². The average Bonchev–Trinajstić information content (AvgIpc) is 2.95. The molecule has 2 aromatic rings. The third kappa shape index (κ3) is 1.67. The highest BCUT2D eigenvalue weighted by atomic mass is 19.1. The van der Waals surface area contributed by atoms with E-state index in [1.54, 1.807) is 12.1 Å². The summed E-state index contributed by atoms with van der Waals surface area (Å²) in [6, 6.07) is 4.51. The minimum atomic E-state index is -0.850. The van der Waals surface area contributed by atoms with E-state index in [9.17, 15) is 9.18 Å². The molecule has 0 saturated carbocycles. The van der Waals surface area contributed by atoms with Crippen molar-refractivity contribution in [2.24, 2.45) is 5.92 Å². The van der Waals surface area contributed by atoms with Gasteiger partial charge in [-0.25, -0.2) is 4.39 Å². The van der Waals surface area contributed by atoms with Crippen molar-refractivity contribution in [3.8, 4) is 0 Å². The Kier molecular flexibility index (Phi) is 2.56. The zero-order valence-electron chi connectivity index (χ0n) is 9.52. The summed E-state index contributed by atoms with van der Waals surface area (Å²) >= 11 is 0. The Hall–Kier alpha value is -1.88. The number of furan rings is 1. The molecule has 94 valence electrons. The first-order chi connectivity index (χ1) is 8.66. The maximum Gasteiger partial charge on any atom is 0.307 e. The molecule has 1 fully saturated rings. The van der Waals surface area contributed by atoms with Crippen LogP contribution >= 0.6 is 0 Å². The van der Waals surface area contributed by atoms with E-state index in [0.717, 1.165) is 5.39 Å². The van der Waals surface area contributed by atoms with Crippen LogP contribution < -0.4 is 5.32 Å². The molecule has 1 aromatic carbocycles. The van der Waals surface area contributed by atoms with Gasteiger partial charge in [-0.3, -0.25) is 4.79 Å². The highest BCUT2D eigenvalue weighted by molar-refractivity contribution is 5.81. The number of hydrogen-bond donors (Lipinski definition) is 2. The maximum atomic E-state index is 13.9. The van der Waals surface area contributed by atoms with E-state index < -0.39 is 11.9 Å². The van der Waals surface area contributed by atoms with Gasteiger partial charge in [-0.1, -0.05) is 0 Å². The van der Waals surface area contributed by atoms with E-state index in [1.165, 1.54) is 12.3 Å². The molecule has 0 amide bonds. The number of benzene rings is 1. The predicted molar refractivity (Wildman–Crippen MR) is 62.7 cm³/mol. The van der Waals surface area contributed by atoms with Gasteiger partial charge in [-0.15, -0.1) is 0 Å². The van der Waals surface area contributed by atoms with Crippen LogP contribution in [0.4, 0.5) is 4.39 Å². The van der Waals surface area contributed by atoms with E-state index in [2.05, 4.69) is 5.32 Å². The zero-order valence-corrected chi connectivity index (χ0v) is 9.52. The molecule has 5 heteroatoms. The van der Waals surface area contributed by atoms with Crippen molar-refractivity contribution in [2.45, 2.75) is 12.5 Å². The van der Waals surface area contributed by atoms with E-state index >= 15 is 0 Å². The molecule has 18 heavy (non-hydrogen) atoms. The SMILES string of the molecule is O=C(O)C1CNC(c2c(F)ccc3ccoc23)C1. The Morgan fingerprint density at radius 3 is 3.00 bits per heavy atom. The lowest BCUT2D eigenvalue weighted by atomic mass is 9.98. The summed E-state index contributed by atoms with van der Waals surface area (Å²) in [6.45, 7) is 0.358. The average molecular weight is 249 g/mol. The Labute approximate surface area is 102 Å². The maximum absolute atomic E-state index is 13.9. The molecular formula is C13H12FNO3.